The molecular formula is C23H23FN4O3S. The summed E-state index contributed by atoms with van der Waals surface area (Å²) in [5, 5.41) is 7.35. The third kappa shape index (κ3) is 5.22. The van der Waals surface area contributed by atoms with Crippen LogP contribution >= 0.6 is 0 Å². The first-order valence-corrected chi connectivity index (χ1v) is 11.2. The molecule has 32 heavy (non-hydrogen) atoms. The van der Waals surface area contributed by atoms with Crippen molar-refractivity contribution in [2.45, 2.75) is 31.1 Å². The molecule has 0 spiro atoms. The Labute approximate surface area is 186 Å². The van der Waals surface area contributed by atoms with Gasteiger partial charge in [-0.2, -0.15) is 9.82 Å². The number of halogens is 1. The fourth-order valence-electron chi connectivity index (χ4n) is 2.83. The average Bonchev–Trinajstić information content (AvgIpc) is 3.17. The molecule has 0 saturated carbocycles. The van der Waals surface area contributed by atoms with Gasteiger partial charge in [-0.15, -0.1) is 6.42 Å². The Kier molecular flexibility index (Phi) is 6.48. The van der Waals surface area contributed by atoms with E-state index in [1.807, 2.05) is 20.8 Å². The zero-order chi connectivity index (χ0) is 23.5. The minimum absolute atomic E-state index is 0.0807. The number of hydrogen-bond acceptors (Lipinski definition) is 4. The molecule has 9 heteroatoms. The Bertz CT molecular complexity index is 1280. The zero-order valence-electron chi connectivity index (χ0n) is 17.9. The monoisotopic (exact) mass is 454 g/mol. The summed E-state index contributed by atoms with van der Waals surface area (Å²) < 4.78 is 41.8. The number of rotatable bonds is 6. The van der Waals surface area contributed by atoms with E-state index in [9.17, 15) is 17.6 Å². The molecule has 0 aliphatic rings. The van der Waals surface area contributed by atoms with Gasteiger partial charge in [0.15, 0.2) is 0 Å². The van der Waals surface area contributed by atoms with Gasteiger partial charge in [-0.3, -0.25) is 4.79 Å². The highest BCUT2D eigenvalue weighted by atomic mass is 32.2. The van der Waals surface area contributed by atoms with Crippen LogP contribution < -0.4 is 10.0 Å². The summed E-state index contributed by atoms with van der Waals surface area (Å²) in [6.45, 7) is 5.78. The molecule has 0 aliphatic heterocycles. The number of anilines is 1. The van der Waals surface area contributed by atoms with Gasteiger partial charge in [-0.05, 0) is 42.5 Å². The molecule has 0 saturated heterocycles. The van der Waals surface area contributed by atoms with Crippen LogP contribution in [0.5, 0.6) is 0 Å². The third-order valence-corrected chi connectivity index (χ3v) is 5.96. The van der Waals surface area contributed by atoms with Crippen LogP contribution in [-0.2, 0) is 15.4 Å². The first-order valence-electron chi connectivity index (χ1n) is 9.72. The minimum Gasteiger partial charge on any atom is -0.306 e. The highest BCUT2D eigenvalue weighted by Gasteiger charge is 2.22. The number of aromatic nitrogens is 2. The average molecular weight is 455 g/mol. The van der Waals surface area contributed by atoms with Crippen molar-refractivity contribution >= 4 is 21.7 Å². The molecule has 1 aromatic heterocycles. The lowest BCUT2D eigenvalue weighted by molar-refractivity contribution is 0.102. The van der Waals surface area contributed by atoms with E-state index in [-0.39, 0.29) is 28.2 Å². The van der Waals surface area contributed by atoms with E-state index in [2.05, 4.69) is 21.1 Å². The van der Waals surface area contributed by atoms with Crippen LogP contribution in [0, 0.1) is 18.2 Å². The number of carbonyl (C=O) groups is 1. The maximum Gasteiger partial charge on any atom is 0.256 e. The van der Waals surface area contributed by atoms with E-state index in [4.69, 9.17) is 6.42 Å². The molecule has 1 heterocycles. The summed E-state index contributed by atoms with van der Waals surface area (Å²) in [6.07, 6.45) is 5.11. The van der Waals surface area contributed by atoms with Gasteiger partial charge in [0, 0.05) is 17.0 Å². The lowest BCUT2D eigenvalue weighted by Gasteiger charge is -2.14. The molecule has 0 fully saturated rings. The SMILES string of the molecule is C#CCNS(=O)(=O)c1cccc(C(=O)Nc2cc(C(C)(C)C)nn2-c2ccc(F)cc2)c1. The first kappa shape index (κ1) is 23.2. The Morgan fingerprint density at radius 1 is 1.16 bits per heavy atom. The predicted molar refractivity (Wildman–Crippen MR) is 121 cm³/mol. The van der Waals surface area contributed by atoms with Gasteiger partial charge in [0.2, 0.25) is 10.0 Å². The number of hydrogen-bond donors (Lipinski definition) is 2. The van der Waals surface area contributed by atoms with Gasteiger partial charge in [-0.1, -0.05) is 32.8 Å². The lowest BCUT2D eigenvalue weighted by atomic mass is 9.92. The number of terminal acetylenes is 1. The third-order valence-electron chi connectivity index (χ3n) is 4.56. The van der Waals surface area contributed by atoms with E-state index in [1.54, 1.807) is 18.2 Å². The van der Waals surface area contributed by atoms with Gasteiger partial charge in [0.25, 0.3) is 5.91 Å². The Morgan fingerprint density at radius 3 is 2.47 bits per heavy atom. The van der Waals surface area contributed by atoms with E-state index >= 15 is 0 Å². The predicted octanol–water partition coefficient (Wildman–Crippen LogP) is 3.47. The number of carbonyl (C=O) groups excluding carboxylic acids is 1. The summed E-state index contributed by atoms with van der Waals surface area (Å²) in [5.41, 5.74) is 1.11. The molecule has 0 atom stereocenters. The highest BCUT2D eigenvalue weighted by Crippen LogP contribution is 2.27. The Hall–Kier alpha value is -3.48. The number of nitrogens with one attached hydrogen (secondary N) is 2. The van der Waals surface area contributed by atoms with Crippen molar-refractivity contribution in [3.05, 3.63) is 71.7 Å². The number of amides is 1. The maximum absolute atomic E-state index is 13.4. The fourth-order valence-corrected chi connectivity index (χ4v) is 3.81. The molecular weight excluding hydrogens is 431 g/mol. The van der Waals surface area contributed by atoms with Crippen LogP contribution in [0.4, 0.5) is 10.2 Å². The van der Waals surface area contributed by atoms with Gasteiger partial charge in [0.1, 0.15) is 11.6 Å². The topological polar surface area (TPSA) is 93.1 Å². The van der Waals surface area contributed by atoms with Crippen molar-refractivity contribution in [2.75, 3.05) is 11.9 Å². The van der Waals surface area contributed by atoms with Crippen molar-refractivity contribution in [3.63, 3.8) is 0 Å². The molecule has 2 aromatic carbocycles. The Morgan fingerprint density at radius 2 is 1.84 bits per heavy atom. The first-order chi connectivity index (χ1) is 15.0. The zero-order valence-corrected chi connectivity index (χ0v) is 18.7. The quantitative estimate of drug-likeness (QED) is 0.558. The van der Waals surface area contributed by atoms with Gasteiger partial charge in [0.05, 0.1) is 22.8 Å². The highest BCUT2D eigenvalue weighted by molar-refractivity contribution is 7.89. The molecule has 166 valence electrons. The normalized spacial score (nSPS) is 11.7. The van der Waals surface area contributed by atoms with Crippen LogP contribution in [0.1, 0.15) is 36.8 Å². The number of benzene rings is 2. The standard InChI is InChI=1S/C23H23FN4O3S/c1-5-13-25-32(30,31)19-8-6-7-16(14-19)22(29)26-21-15-20(23(2,3)4)27-28(21)18-11-9-17(24)10-12-18/h1,6-12,14-15,25H,13H2,2-4H3,(H,26,29). The molecule has 0 aliphatic carbocycles. The van der Waals surface area contributed by atoms with E-state index in [0.29, 0.717) is 17.2 Å². The van der Waals surface area contributed by atoms with Crippen LogP contribution in [0.25, 0.3) is 5.69 Å². The van der Waals surface area contributed by atoms with Crippen LogP contribution in [-0.4, -0.2) is 30.7 Å². The summed E-state index contributed by atoms with van der Waals surface area (Å²) in [7, 11) is -3.85. The second-order valence-corrected chi connectivity index (χ2v) is 9.83. The molecule has 0 radical (unpaired) electrons. The van der Waals surface area contributed by atoms with Crippen LogP contribution in [0.15, 0.2) is 59.5 Å². The second-order valence-electron chi connectivity index (χ2n) is 8.06. The lowest BCUT2D eigenvalue weighted by Crippen LogP contribution is -2.24. The molecule has 0 unspecified atom stereocenters. The summed E-state index contributed by atoms with van der Waals surface area (Å²) >= 11 is 0. The smallest absolute Gasteiger partial charge is 0.256 e. The van der Waals surface area contributed by atoms with E-state index < -0.39 is 15.9 Å². The van der Waals surface area contributed by atoms with Crippen LogP contribution in [0.2, 0.25) is 0 Å². The summed E-state index contributed by atoms with van der Waals surface area (Å²) in [4.78, 5) is 12.9. The molecule has 1 amide bonds. The molecule has 2 N–H and O–H groups in total. The van der Waals surface area contributed by atoms with Crippen LogP contribution in [0.3, 0.4) is 0 Å². The molecule has 0 bridgehead atoms. The summed E-state index contributed by atoms with van der Waals surface area (Å²) in [5.74, 6) is 1.65. The summed E-state index contributed by atoms with van der Waals surface area (Å²) in [6, 6.07) is 13.0. The van der Waals surface area contributed by atoms with Crippen molar-refractivity contribution < 1.29 is 17.6 Å². The fraction of sp³-hybridized carbons (Fsp3) is 0.217. The van der Waals surface area contributed by atoms with Gasteiger partial charge >= 0.3 is 0 Å². The second kappa shape index (κ2) is 8.94. The van der Waals surface area contributed by atoms with Crippen molar-refractivity contribution in [1.29, 1.82) is 0 Å². The van der Waals surface area contributed by atoms with E-state index in [0.717, 1.165) is 0 Å². The van der Waals surface area contributed by atoms with E-state index in [1.165, 1.54) is 41.1 Å². The van der Waals surface area contributed by atoms with Crippen molar-refractivity contribution in [2.24, 2.45) is 0 Å². The largest absolute Gasteiger partial charge is 0.306 e. The van der Waals surface area contributed by atoms with Crippen molar-refractivity contribution in [1.82, 2.24) is 14.5 Å². The molecule has 3 rings (SSSR count). The number of nitrogens with zero attached hydrogens (tertiary/aromatic N) is 2. The maximum atomic E-state index is 13.4. The van der Waals surface area contributed by atoms with Crippen molar-refractivity contribution in [3.8, 4) is 18.0 Å². The molecule has 7 nitrogen and oxygen atoms in total. The molecule has 3 aromatic rings. The van der Waals surface area contributed by atoms with Gasteiger partial charge in [-0.25, -0.2) is 17.5 Å². The van der Waals surface area contributed by atoms with Gasteiger partial charge < -0.3 is 5.32 Å². The number of sulfonamides is 1. The minimum atomic E-state index is -3.85. The Balaban J connectivity index is 1.96.